The van der Waals surface area contributed by atoms with Gasteiger partial charge in [0.1, 0.15) is 5.71 Å². The van der Waals surface area contributed by atoms with Crippen molar-refractivity contribution in [3.05, 3.63) is 59.7 Å². The van der Waals surface area contributed by atoms with Gasteiger partial charge in [0.15, 0.2) is 0 Å². The molecule has 2 aromatic rings. The summed E-state index contributed by atoms with van der Waals surface area (Å²) >= 11 is 0. The van der Waals surface area contributed by atoms with Gasteiger partial charge in [0.2, 0.25) is 5.91 Å². The highest BCUT2D eigenvalue weighted by atomic mass is 16.2. The van der Waals surface area contributed by atoms with Crippen molar-refractivity contribution >= 4 is 17.3 Å². The van der Waals surface area contributed by atoms with Crippen molar-refractivity contribution in [3.8, 4) is 11.1 Å². The van der Waals surface area contributed by atoms with Crippen LogP contribution in [0.25, 0.3) is 11.1 Å². The molecule has 0 aromatic heterocycles. The molecule has 0 radical (unpaired) electrons. The summed E-state index contributed by atoms with van der Waals surface area (Å²) in [4.78, 5) is 14.2. The van der Waals surface area contributed by atoms with Crippen LogP contribution in [-0.4, -0.2) is 35.3 Å². The lowest BCUT2D eigenvalue weighted by atomic mass is 10.1. The Labute approximate surface area is 153 Å². The Hall–Kier alpha value is -2.75. The molecule has 1 saturated heterocycles. The molecule has 0 bridgehead atoms. The van der Waals surface area contributed by atoms with E-state index in [-0.39, 0.29) is 0 Å². The minimum Gasteiger partial charge on any atom is -0.342 e. The van der Waals surface area contributed by atoms with E-state index in [1.165, 1.54) is 11.1 Å². The molecule has 0 N–H and O–H groups in total. The van der Waals surface area contributed by atoms with Crippen molar-refractivity contribution in [2.24, 2.45) is 16.1 Å². The summed E-state index contributed by atoms with van der Waals surface area (Å²) in [6.07, 6.45) is 3.81. The van der Waals surface area contributed by atoms with Gasteiger partial charge in [0.25, 0.3) is 0 Å². The second kappa shape index (κ2) is 6.20. The molecule has 1 saturated carbocycles. The zero-order valence-corrected chi connectivity index (χ0v) is 14.7. The second-order valence-electron chi connectivity index (χ2n) is 7.31. The van der Waals surface area contributed by atoms with Crippen molar-refractivity contribution in [1.29, 1.82) is 0 Å². The van der Waals surface area contributed by atoms with E-state index >= 15 is 0 Å². The topological polar surface area (TPSA) is 45.0 Å². The summed E-state index contributed by atoms with van der Waals surface area (Å²) in [7, 11) is 0. The van der Waals surface area contributed by atoms with Crippen LogP contribution in [0.4, 0.5) is 0 Å². The van der Waals surface area contributed by atoms with Gasteiger partial charge in [-0.05, 0) is 24.0 Å². The summed E-state index contributed by atoms with van der Waals surface area (Å²) in [5.74, 6) is 0.647. The smallest absolute Gasteiger partial charge is 0.225 e. The van der Waals surface area contributed by atoms with E-state index in [1.807, 2.05) is 4.90 Å². The fraction of sp³-hybridized carbons (Fsp3) is 0.318. The average Bonchev–Trinajstić information content (AvgIpc) is 3.50. The molecular formula is C22H21N3O. The standard InChI is InChI=1S/C22H21N3O/c26-22(15-9-10-15)25-13-11-16(12-14-25)23-24-21-19-7-3-1-5-17(19)18-6-2-4-8-20(18)21/h1-8,15H,9-14H2. The SMILES string of the molecule is O=C(C1CC1)N1CCC(=NN=C2c3ccccc3-c3ccccc32)CC1. The van der Waals surface area contributed by atoms with Crippen molar-refractivity contribution in [3.63, 3.8) is 0 Å². The van der Waals surface area contributed by atoms with E-state index in [0.29, 0.717) is 11.8 Å². The Morgan fingerprint density at radius 2 is 1.35 bits per heavy atom. The van der Waals surface area contributed by atoms with Gasteiger partial charge in [-0.3, -0.25) is 4.79 Å². The van der Waals surface area contributed by atoms with Gasteiger partial charge < -0.3 is 4.90 Å². The zero-order valence-electron chi connectivity index (χ0n) is 14.7. The minimum absolute atomic E-state index is 0.306. The lowest BCUT2D eigenvalue weighted by Gasteiger charge is -2.27. The highest BCUT2D eigenvalue weighted by molar-refractivity contribution is 6.24. The third-order valence-corrected chi connectivity index (χ3v) is 5.52. The van der Waals surface area contributed by atoms with E-state index in [2.05, 4.69) is 58.7 Å². The Kier molecular flexibility index (Phi) is 3.70. The molecule has 26 heavy (non-hydrogen) atoms. The van der Waals surface area contributed by atoms with Crippen molar-refractivity contribution < 1.29 is 4.79 Å². The number of rotatable bonds is 2. The fourth-order valence-corrected chi connectivity index (χ4v) is 3.90. The number of hydrogen-bond donors (Lipinski definition) is 0. The maximum Gasteiger partial charge on any atom is 0.225 e. The lowest BCUT2D eigenvalue weighted by molar-refractivity contribution is -0.132. The summed E-state index contributed by atoms with van der Waals surface area (Å²) in [5, 5.41) is 9.23. The molecule has 2 aromatic carbocycles. The second-order valence-corrected chi connectivity index (χ2v) is 7.31. The van der Waals surface area contributed by atoms with Crippen LogP contribution in [0.3, 0.4) is 0 Å². The molecule has 1 amide bonds. The van der Waals surface area contributed by atoms with Gasteiger partial charge in [-0.15, -0.1) is 5.10 Å². The van der Waals surface area contributed by atoms with Crippen molar-refractivity contribution in [2.45, 2.75) is 25.7 Å². The van der Waals surface area contributed by atoms with E-state index < -0.39 is 0 Å². The molecular weight excluding hydrogens is 322 g/mol. The molecule has 3 aliphatic rings. The Morgan fingerprint density at radius 1 is 0.808 bits per heavy atom. The van der Waals surface area contributed by atoms with Crippen molar-refractivity contribution in [1.82, 2.24) is 4.90 Å². The molecule has 4 nitrogen and oxygen atoms in total. The summed E-state index contributed by atoms with van der Waals surface area (Å²) in [6, 6.07) is 16.8. The van der Waals surface area contributed by atoms with E-state index in [4.69, 9.17) is 0 Å². The monoisotopic (exact) mass is 343 g/mol. The Balaban J connectivity index is 1.39. The van der Waals surface area contributed by atoms with Crippen LogP contribution in [0.1, 0.15) is 36.8 Å². The molecule has 1 aliphatic heterocycles. The summed E-state index contributed by atoms with van der Waals surface area (Å²) < 4.78 is 0. The third-order valence-electron chi connectivity index (χ3n) is 5.52. The molecule has 2 fully saturated rings. The Bertz CT molecular complexity index is 882. The number of piperidine rings is 1. The maximum atomic E-state index is 12.2. The van der Waals surface area contributed by atoms with Crippen LogP contribution < -0.4 is 0 Å². The first-order chi connectivity index (χ1) is 12.8. The van der Waals surface area contributed by atoms with Gasteiger partial charge in [-0.2, -0.15) is 5.10 Å². The van der Waals surface area contributed by atoms with E-state index in [1.54, 1.807) is 0 Å². The summed E-state index contributed by atoms with van der Waals surface area (Å²) in [6.45, 7) is 1.57. The highest BCUT2D eigenvalue weighted by Gasteiger charge is 2.34. The number of carbonyl (C=O) groups excluding carboxylic acids is 1. The normalized spacial score (nSPS) is 18.4. The number of benzene rings is 2. The third kappa shape index (κ3) is 2.66. The van der Waals surface area contributed by atoms with Crippen LogP contribution in [-0.2, 0) is 4.79 Å². The molecule has 1 heterocycles. The predicted octanol–water partition coefficient (Wildman–Crippen LogP) is 3.89. The quantitative estimate of drug-likeness (QED) is 0.651. The van der Waals surface area contributed by atoms with E-state index in [0.717, 1.165) is 61.3 Å². The highest BCUT2D eigenvalue weighted by Crippen LogP contribution is 2.36. The maximum absolute atomic E-state index is 12.2. The van der Waals surface area contributed by atoms with Crippen LogP contribution in [0.5, 0.6) is 0 Å². The predicted molar refractivity (Wildman–Crippen MR) is 103 cm³/mol. The molecule has 4 heteroatoms. The fourth-order valence-electron chi connectivity index (χ4n) is 3.90. The first-order valence-corrected chi connectivity index (χ1v) is 9.42. The molecule has 0 spiro atoms. The van der Waals surface area contributed by atoms with Gasteiger partial charge in [0, 0.05) is 48.7 Å². The first-order valence-electron chi connectivity index (χ1n) is 9.42. The minimum atomic E-state index is 0.306. The molecule has 2 aliphatic carbocycles. The first kappa shape index (κ1) is 15.5. The van der Waals surface area contributed by atoms with Crippen LogP contribution in [0, 0.1) is 5.92 Å². The molecule has 0 atom stereocenters. The zero-order chi connectivity index (χ0) is 17.5. The molecule has 5 rings (SSSR count). The van der Waals surface area contributed by atoms with E-state index in [9.17, 15) is 4.79 Å². The number of amides is 1. The van der Waals surface area contributed by atoms with Gasteiger partial charge in [0.05, 0.1) is 0 Å². The van der Waals surface area contributed by atoms with Gasteiger partial charge in [-0.1, -0.05) is 48.5 Å². The number of nitrogens with zero attached hydrogens (tertiary/aromatic N) is 3. The summed E-state index contributed by atoms with van der Waals surface area (Å²) in [5.41, 5.74) is 6.82. The number of hydrogen-bond acceptors (Lipinski definition) is 3. The lowest BCUT2D eigenvalue weighted by Crippen LogP contribution is -2.39. The Morgan fingerprint density at radius 3 is 1.88 bits per heavy atom. The molecule has 130 valence electrons. The van der Waals surface area contributed by atoms with Gasteiger partial charge >= 0.3 is 0 Å². The van der Waals surface area contributed by atoms with Crippen LogP contribution >= 0.6 is 0 Å². The van der Waals surface area contributed by atoms with Gasteiger partial charge in [-0.25, -0.2) is 0 Å². The molecule has 0 unspecified atom stereocenters. The van der Waals surface area contributed by atoms with Crippen molar-refractivity contribution in [2.75, 3.05) is 13.1 Å². The number of carbonyl (C=O) groups is 1. The average molecular weight is 343 g/mol. The number of likely N-dealkylation sites (tertiary alicyclic amines) is 1. The van der Waals surface area contributed by atoms with Crippen LogP contribution in [0.15, 0.2) is 58.7 Å². The number of fused-ring (bicyclic) bond motifs is 3. The largest absolute Gasteiger partial charge is 0.342 e. The van der Waals surface area contributed by atoms with Crippen LogP contribution in [0.2, 0.25) is 0 Å².